The number of aliphatic hydroxyl groups is 1. The van der Waals surface area contributed by atoms with Crippen LogP contribution in [0.1, 0.15) is 41.6 Å². The molecule has 1 N–H and O–H groups in total. The molecule has 0 heterocycles. The maximum Gasteiger partial charge on any atom is 0.234 e. The lowest BCUT2D eigenvalue weighted by molar-refractivity contribution is -0.112. The van der Waals surface area contributed by atoms with E-state index in [1.54, 1.807) is 24.3 Å². The van der Waals surface area contributed by atoms with Crippen molar-refractivity contribution in [2.75, 3.05) is 0 Å². The number of hydrogen-bond acceptors (Lipinski definition) is 3. The van der Waals surface area contributed by atoms with Gasteiger partial charge in [0.25, 0.3) is 0 Å². The topological polar surface area (TPSA) is 54.4 Å². The van der Waals surface area contributed by atoms with E-state index in [9.17, 15) is 14.7 Å². The number of rotatable bonds is 2. The quantitative estimate of drug-likeness (QED) is 0.636. The van der Waals surface area contributed by atoms with Gasteiger partial charge in [-0.15, -0.1) is 0 Å². The van der Waals surface area contributed by atoms with Gasteiger partial charge < -0.3 is 5.11 Å². The lowest BCUT2D eigenvalue weighted by atomic mass is 9.76. The second-order valence-electron chi connectivity index (χ2n) is 7.88. The van der Waals surface area contributed by atoms with Crippen LogP contribution in [0, 0.1) is 5.92 Å². The van der Waals surface area contributed by atoms with Gasteiger partial charge >= 0.3 is 0 Å². The van der Waals surface area contributed by atoms with E-state index in [-0.39, 0.29) is 11.7 Å². The third-order valence-electron chi connectivity index (χ3n) is 5.49. The fraction of sp³-hybridized carbons (Fsp3) is 0.474. The molecule has 0 saturated heterocycles. The van der Waals surface area contributed by atoms with Gasteiger partial charge in [-0.3, -0.25) is 9.59 Å². The lowest BCUT2D eigenvalue weighted by Crippen LogP contribution is -2.34. The molecule has 0 amide bonds. The number of aliphatic hydroxyl groups excluding tert-OH is 1. The first kappa shape index (κ1) is 16.2. The van der Waals surface area contributed by atoms with Crippen molar-refractivity contribution in [3.05, 3.63) is 41.0 Å². The molecule has 3 rings (SSSR count). The molecule has 0 radical (unpaired) electrons. The number of Topliss-reactive ketones (excluding diaryl/α,β-unsaturated/α-hetero) is 2. The summed E-state index contributed by atoms with van der Waals surface area (Å²) in [6.07, 6.45) is 3.99. The molecule has 0 bridgehead atoms. The van der Waals surface area contributed by atoms with Gasteiger partial charge in [0.2, 0.25) is 11.6 Å². The Morgan fingerprint density at radius 2 is 1.48 bits per heavy atom. The highest BCUT2D eigenvalue weighted by molar-refractivity contribution is 6.77. The van der Waals surface area contributed by atoms with Gasteiger partial charge in [0, 0.05) is 24.8 Å². The molecule has 3 nitrogen and oxygen atoms in total. The van der Waals surface area contributed by atoms with Gasteiger partial charge in [-0.25, -0.2) is 0 Å². The van der Waals surface area contributed by atoms with E-state index in [2.05, 4.69) is 19.6 Å². The highest BCUT2D eigenvalue weighted by Gasteiger charge is 2.39. The molecule has 2 aliphatic rings. The molecule has 1 saturated carbocycles. The molecule has 23 heavy (non-hydrogen) atoms. The summed E-state index contributed by atoms with van der Waals surface area (Å²) in [5.74, 6) is -0.924. The van der Waals surface area contributed by atoms with Gasteiger partial charge in [-0.05, 0) is 24.3 Å². The van der Waals surface area contributed by atoms with Crippen molar-refractivity contribution in [2.45, 2.75) is 50.9 Å². The number of allylic oxidation sites excluding steroid dienone is 1. The number of hydrogen-bond donors (Lipinski definition) is 1. The number of benzene rings is 1. The standard InChI is InChI=1S/C19H24O3Si/c1-23(2,3)13-10-8-12(9-11-13)16-17(20)14-6-4-5-7-15(14)18(21)19(16)22/h4-7,12-13,20H,8-11H2,1-3H3. The predicted molar refractivity (Wildman–Crippen MR) is 94.4 cm³/mol. The van der Waals surface area contributed by atoms with E-state index in [4.69, 9.17) is 0 Å². The molecule has 1 aromatic carbocycles. The summed E-state index contributed by atoms with van der Waals surface area (Å²) in [7, 11) is -1.17. The second kappa shape index (κ2) is 5.75. The smallest absolute Gasteiger partial charge is 0.234 e. The maximum atomic E-state index is 12.5. The zero-order chi connectivity index (χ0) is 16.8. The van der Waals surface area contributed by atoms with E-state index < -0.39 is 19.6 Å². The maximum absolute atomic E-state index is 12.5. The van der Waals surface area contributed by atoms with Crippen molar-refractivity contribution < 1.29 is 14.7 Å². The van der Waals surface area contributed by atoms with E-state index in [1.807, 2.05) is 0 Å². The zero-order valence-electron chi connectivity index (χ0n) is 14.1. The molecule has 4 heteroatoms. The largest absolute Gasteiger partial charge is 0.507 e. The summed E-state index contributed by atoms with van der Waals surface area (Å²) in [6, 6.07) is 6.85. The average Bonchev–Trinajstić information content (AvgIpc) is 2.53. The zero-order valence-corrected chi connectivity index (χ0v) is 15.1. The number of ketones is 2. The van der Waals surface area contributed by atoms with Crippen LogP contribution in [0.3, 0.4) is 0 Å². The number of carbonyl (C=O) groups excluding carboxylic acids is 2. The van der Waals surface area contributed by atoms with Crippen molar-refractivity contribution in [2.24, 2.45) is 5.92 Å². The van der Waals surface area contributed by atoms with Crippen LogP contribution in [0.4, 0.5) is 0 Å². The van der Waals surface area contributed by atoms with Crippen molar-refractivity contribution >= 4 is 25.4 Å². The molecular formula is C19H24O3Si. The highest BCUT2D eigenvalue weighted by Crippen LogP contribution is 2.44. The first-order chi connectivity index (χ1) is 10.8. The molecule has 2 aliphatic carbocycles. The fourth-order valence-electron chi connectivity index (χ4n) is 4.01. The van der Waals surface area contributed by atoms with Gasteiger partial charge in [0.05, 0.1) is 0 Å². The summed E-state index contributed by atoms with van der Waals surface area (Å²) >= 11 is 0. The van der Waals surface area contributed by atoms with E-state index in [1.165, 1.54) is 0 Å². The van der Waals surface area contributed by atoms with Crippen LogP contribution < -0.4 is 0 Å². The second-order valence-corrected chi connectivity index (χ2v) is 13.4. The Kier molecular flexibility index (Phi) is 4.04. The van der Waals surface area contributed by atoms with Gasteiger partial charge in [-0.1, -0.05) is 56.7 Å². The van der Waals surface area contributed by atoms with Gasteiger partial charge in [0.15, 0.2) is 0 Å². The van der Waals surface area contributed by atoms with Crippen molar-refractivity contribution in [1.82, 2.24) is 0 Å². The lowest BCUT2D eigenvalue weighted by Gasteiger charge is -2.37. The Balaban J connectivity index is 1.91. The molecule has 0 unspecified atom stereocenters. The molecule has 1 fully saturated rings. The Morgan fingerprint density at radius 1 is 0.913 bits per heavy atom. The van der Waals surface area contributed by atoms with Crippen LogP contribution in [0.25, 0.3) is 5.76 Å². The van der Waals surface area contributed by atoms with Crippen LogP contribution in [0.15, 0.2) is 29.8 Å². The molecule has 1 aromatic rings. The molecule has 0 atom stereocenters. The molecular weight excluding hydrogens is 304 g/mol. The van der Waals surface area contributed by atoms with Crippen LogP contribution in [0.5, 0.6) is 0 Å². The number of carbonyl (C=O) groups is 2. The Labute approximate surface area is 138 Å². The van der Waals surface area contributed by atoms with Crippen LogP contribution in [-0.4, -0.2) is 24.7 Å². The highest BCUT2D eigenvalue weighted by atomic mass is 28.3. The van der Waals surface area contributed by atoms with E-state index in [0.29, 0.717) is 16.7 Å². The SMILES string of the molecule is C[Si](C)(C)C1CCC(C2=C(O)c3ccccc3C(=O)C2=O)CC1. The Morgan fingerprint density at radius 3 is 2.04 bits per heavy atom. The van der Waals surface area contributed by atoms with Gasteiger partial charge in [-0.2, -0.15) is 0 Å². The van der Waals surface area contributed by atoms with Crippen molar-refractivity contribution in [3.8, 4) is 0 Å². The third kappa shape index (κ3) is 2.80. The summed E-state index contributed by atoms with van der Waals surface area (Å²) in [6.45, 7) is 7.17. The van der Waals surface area contributed by atoms with Crippen LogP contribution in [0.2, 0.25) is 25.2 Å². The third-order valence-corrected chi connectivity index (χ3v) is 8.52. The Hall–Kier alpha value is -1.68. The minimum atomic E-state index is -1.17. The minimum absolute atomic E-state index is 0.0207. The van der Waals surface area contributed by atoms with E-state index in [0.717, 1.165) is 31.2 Å². The summed E-state index contributed by atoms with van der Waals surface area (Å²) in [5, 5.41) is 10.6. The van der Waals surface area contributed by atoms with Crippen molar-refractivity contribution in [3.63, 3.8) is 0 Å². The fourth-order valence-corrected chi connectivity index (χ4v) is 6.08. The average molecular weight is 328 g/mol. The summed E-state index contributed by atoms with van der Waals surface area (Å²) < 4.78 is 0. The first-order valence-electron chi connectivity index (χ1n) is 8.42. The molecule has 0 spiro atoms. The minimum Gasteiger partial charge on any atom is -0.507 e. The van der Waals surface area contributed by atoms with Crippen molar-refractivity contribution in [1.29, 1.82) is 0 Å². The summed E-state index contributed by atoms with van der Waals surface area (Å²) in [5.41, 5.74) is 1.97. The number of fused-ring (bicyclic) bond motifs is 1. The van der Waals surface area contributed by atoms with E-state index >= 15 is 0 Å². The Bertz CT molecular complexity index is 689. The van der Waals surface area contributed by atoms with Crippen LogP contribution in [-0.2, 0) is 4.79 Å². The monoisotopic (exact) mass is 328 g/mol. The predicted octanol–water partition coefficient (Wildman–Crippen LogP) is 4.62. The normalized spacial score (nSPS) is 25.5. The molecule has 0 aliphatic heterocycles. The summed E-state index contributed by atoms with van der Waals surface area (Å²) in [4.78, 5) is 24.9. The molecule has 122 valence electrons. The first-order valence-corrected chi connectivity index (χ1v) is 12.0. The molecule has 0 aromatic heterocycles. The van der Waals surface area contributed by atoms with Crippen LogP contribution >= 0.6 is 0 Å². The van der Waals surface area contributed by atoms with Gasteiger partial charge in [0.1, 0.15) is 5.76 Å².